The molecule has 0 amide bonds. The minimum Gasteiger partial charge on any atom is -0.490 e. The zero-order valence-electron chi connectivity index (χ0n) is 24.9. The van der Waals surface area contributed by atoms with E-state index in [-0.39, 0.29) is 48.9 Å². The molecule has 0 saturated carbocycles. The van der Waals surface area contributed by atoms with Crippen LogP contribution in [0.25, 0.3) is 22.3 Å². The first kappa shape index (κ1) is 34.7. The van der Waals surface area contributed by atoms with Gasteiger partial charge in [-0.3, -0.25) is 0 Å². The molecule has 238 valence electrons. The van der Waals surface area contributed by atoms with Crippen molar-refractivity contribution in [1.29, 1.82) is 0 Å². The van der Waals surface area contributed by atoms with Crippen LogP contribution in [0.2, 0.25) is 0 Å². The van der Waals surface area contributed by atoms with E-state index in [1.165, 1.54) is 12.1 Å². The minimum atomic E-state index is -0.772. The Balaban J connectivity index is 1.74. The van der Waals surface area contributed by atoms with Gasteiger partial charge in [-0.1, -0.05) is 49.6 Å². The van der Waals surface area contributed by atoms with Gasteiger partial charge >= 0.3 is 11.9 Å². The van der Waals surface area contributed by atoms with E-state index in [0.29, 0.717) is 41.7 Å². The summed E-state index contributed by atoms with van der Waals surface area (Å²) in [6.07, 6.45) is 3.55. The summed E-state index contributed by atoms with van der Waals surface area (Å²) in [5, 5.41) is 17.8. The molecule has 3 rings (SSSR count). The number of unbranched alkanes of at least 4 members (excludes halogenated alkanes) is 1. The number of hydrogen-bond donors (Lipinski definition) is 2. The fourth-order valence-electron chi connectivity index (χ4n) is 4.21. The highest BCUT2D eigenvalue weighted by molar-refractivity contribution is 5.88. The lowest BCUT2D eigenvalue weighted by Crippen LogP contribution is -2.15. The molecule has 0 saturated heterocycles. The third-order valence-electron chi connectivity index (χ3n) is 6.60. The molecule has 0 radical (unpaired) electrons. The van der Waals surface area contributed by atoms with Crippen LogP contribution in [-0.4, -0.2) is 61.8 Å². The van der Waals surface area contributed by atoms with Crippen LogP contribution in [-0.2, 0) is 25.5 Å². The number of esters is 2. The standard InChI is InChI=1S/C35H36F2O8/c1-4-5-6-7-30-28(25-8-11-27(12-9-25)42-16-18-44-34(40)23(2)21-38)13-14-29(33(30)37)26-10-15-32(31(36)20-26)43-17-19-45-35(41)24(3)22-39/h4,8-15,20,38-39H,1-3,5-7,16-19,21-22H2. The Bertz CT molecular complexity index is 1510. The lowest BCUT2D eigenvalue weighted by molar-refractivity contribution is -0.141. The lowest BCUT2D eigenvalue weighted by Gasteiger charge is -2.16. The van der Waals surface area contributed by atoms with E-state index in [4.69, 9.17) is 29.2 Å². The number of benzene rings is 3. The normalized spacial score (nSPS) is 10.6. The van der Waals surface area contributed by atoms with Crippen LogP contribution in [0.3, 0.4) is 0 Å². The van der Waals surface area contributed by atoms with Gasteiger partial charge in [0.2, 0.25) is 0 Å². The second-order valence-electron chi connectivity index (χ2n) is 9.80. The van der Waals surface area contributed by atoms with Crippen molar-refractivity contribution in [2.75, 3.05) is 39.6 Å². The predicted molar refractivity (Wildman–Crippen MR) is 166 cm³/mol. The summed E-state index contributed by atoms with van der Waals surface area (Å²) in [7, 11) is 0. The van der Waals surface area contributed by atoms with Gasteiger partial charge in [-0.15, -0.1) is 6.58 Å². The monoisotopic (exact) mass is 622 g/mol. The van der Waals surface area contributed by atoms with Crippen molar-refractivity contribution >= 4 is 11.9 Å². The van der Waals surface area contributed by atoms with E-state index in [1.54, 1.807) is 48.5 Å². The Hall–Kier alpha value is -4.80. The van der Waals surface area contributed by atoms with E-state index in [0.717, 1.165) is 5.56 Å². The van der Waals surface area contributed by atoms with Crippen molar-refractivity contribution in [3.63, 3.8) is 0 Å². The molecule has 0 aromatic heterocycles. The Labute approximate surface area is 260 Å². The number of hydrogen-bond acceptors (Lipinski definition) is 8. The van der Waals surface area contributed by atoms with Crippen LogP contribution >= 0.6 is 0 Å². The van der Waals surface area contributed by atoms with Crippen LogP contribution in [0, 0.1) is 11.6 Å². The summed E-state index contributed by atoms with van der Waals surface area (Å²) in [6.45, 7) is 9.26. The number of halogens is 2. The third-order valence-corrected chi connectivity index (χ3v) is 6.60. The molecule has 0 atom stereocenters. The zero-order valence-corrected chi connectivity index (χ0v) is 24.9. The predicted octanol–water partition coefficient (Wildman–Crippen LogP) is 5.75. The molecule has 2 N–H and O–H groups in total. The van der Waals surface area contributed by atoms with E-state index in [2.05, 4.69) is 19.7 Å². The van der Waals surface area contributed by atoms with Gasteiger partial charge in [0.05, 0.1) is 24.4 Å². The minimum absolute atomic E-state index is 0.0230. The van der Waals surface area contributed by atoms with Gasteiger partial charge in [-0.2, -0.15) is 0 Å². The van der Waals surface area contributed by atoms with Gasteiger partial charge in [0.1, 0.15) is 38.0 Å². The molecule has 0 bridgehead atoms. The molecule has 45 heavy (non-hydrogen) atoms. The number of rotatable bonds is 18. The van der Waals surface area contributed by atoms with Crippen molar-refractivity contribution in [2.24, 2.45) is 0 Å². The number of allylic oxidation sites excluding steroid dienone is 1. The smallest absolute Gasteiger partial charge is 0.335 e. The van der Waals surface area contributed by atoms with Gasteiger partial charge in [-0.05, 0) is 65.8 Å². The number of aliphatic hydroxyl groups is 2. The average molecular weight is 623 g/mol. The highest BCUT2D eigenvalue weighted by atomic mass is 19.1. The van der Waals surface area contributed by atoms with Gasteiger partial charge in [-0.25, -0.2) is 18.4 Å². The number of carbonyl (C=O) groups excluding carboxylic acids is 2. The van der Waals surface area contributed by atoms with Crippen LogP contribution in [0.15, 0.2) is 91.6 Å². The largest absolute Gasteiger partial charge is 0.490 e. The van der Waals surface area contributed by atoms with Gasteiger partial charge in [0.15, 0.2) is 11.6 Å². The number of aliphatic hydroxyl groups excluding tert-OH is 2. The van der Waals surface area contributed by atoms with Crippen molar-refractivity contribution in [2.45, 2.75) is 19.3 Å². The van der Waals surface area contributed by atoms with Crippen LogP contribution in [0.1, 0.15) is 18.4 Å². The second-order valence-corrected chi connectivity index (χ2v) is 9.80. The molecule has 0 aliphatic heterocycles. The zero-order chi connectivity index (χ0) is 32.8. The van der Waals surface area contributed by atoms with E-state index < -0.39 is 36.8 Å². The molecule has 3 aromatic carbocycles. The highest BCUT2D eigenvalue weighted by Gasteiger charge is 2.18. The average Bonchev–Trinajstić information content (AvgIpc) is 3.05. The third kappa shape index (κ3) is 9.85. The molecule has 8 nitrogen and oxygen atoms in total. The molecule has 0 spiro atoms. The second kappa shape index (κ2) is 17.5. The highest BCUT2D eigenvalue weighted by Crippen LogP contribution is 2.35. The molecule has 0 aliphatic carbocycles. The lowest BCUT2D eigenvalue weighted by atomic mass is 9.91. The quantitative estimate of drug-likeness (QED) is 0.0799. The molecule has 0 aliphatic rings. The molecular formula is C35H36F2O8. The number of ether oxygens (including phenoxy) is 4. The van der Waals surface area contributed by atoms with Crippen LogP contribution < -0.4 is 9.47 Å². The van der Waals surface area contributed by atoms with E-state index in [1.807, 2.05) is 0 Å². The maximum atomic E-state index is 16.1. The fourth-order valence-corrected chi connectivity index (χ4v) is 4.21. The first-order valence-electron chi connectivity index (χ1n) is 14.2. The summed E-state index contributed by atoms with van der Waals surface area (Å²) in [4.78, 5) is 23.1. The summed E-state index contributed by atoms with van der Waals surface area (Å²) >= 11 is 0. The van der Waals surface area contributed by atoms with Crippen molar-refractivity contribution in [3.05, 3.63) is 109 Å². The first-order chi connectivity index (χ1) is 21.7. The number of carbonyl (C=O) groups is 2. The Morgan fingerprint density at radius 3 is 1.91 bits per heavy atom. The fraction of sp³-hybridized carbons (Fsp3) is 0.257. The van der Waals surface area contributed by atoms with Crippen molar-refractivity contribution < 1.29 is 47.5 Å². The van der Waals surface area contributed by atoms with Crippen LogP contribution in [0.5, 0.6) is 11.5 Å². The summed E-state index contributed by atoms with van der Waals surface area (Å²) < 4.78 is 51.8. The summed E-state index contributed by atoms with van der Waals surface area (Å²) in [5.74, 6) is -2.21. The Morgan fingerprint density at radius 1 is 0.756 bits per heavy atom. The summed E-state index contributed by atoms with van der Waals surface area (Å²) in [6, 6.07) is 14.5. The molecular weight excluding hydrogens is 586 g/mol. The van der Waals surface area contributed by atoms with E-state index >= 15 is 4.39 Å². The maximum Gasteiger partial charge on any atom is 0.335 e. The van der Waals surface area contributed by atoms with E-state index in [9.17, 15) is 14.0 Å². The molecule has 10 heteroatoms. The SMILES string of the molecule is C=CCCCc1c(-c2ccc(OCCOC(=O)C(=C)CO)cc2)ccc(-c2ccc(OCCOC(=O)C(=C)CO)c(F)c2)c1F. The molecule has 0 fully saturated rings. The van der Waals surface area contributed by atoms with Crippen molar-refractivity contribution in [1.82, 2.24) is 0 Å². The maximum absolute atomic E-state index is 16.1. The molecule has 0 unspecified atom stereocenters. The topological polar surface area (TPSA) is 112 Å². The molecule has 0 heterocycles. The Morgan fingerprint density at radius 2 is 1.33 bits per heavy atom. The van der Waals surface area contributed by atoms with Gasteiger partial charge in [0, 0.05) is 5.56 Å². The van der Waals surface area contributed by atoms with Gasteiger partial charge < -0.3 is 29.2 Å². The molecule has 3 aromatic rings. The first-order valence-corrected chi connectivity index (χ1v) is 14.2. The Kier molecular flexibility index (Phi) is 13.5. The summed E-state index contributed by atoms with van der Waals surface area (Å²) in [5.41, 5.74) is 2.32. The van der Waals surface area contributed by atoms with Crippen molar-refractivity contribution in [3.8, 4) is 33.8 Å². The van der Waals surface area contributed by atoms with Crippen LogP contribution in [0.4, 0.5) is 8.78 Å². The van der Waals surface area contributed by atoms with Gasteiger partial charge in [0.25, 0.3) is 0 Å².